The maximum absolute atomic E-state index is 11.4. The first-order valence-corrected chi connectivity index (χ1v) is 10.3. The second-order valence-corrected chi connectivity index (χ2v) is 8.01. The Morgan fingerprint density at radius 1 is 1.00 bits per heavy atom. The van der Waals surface area contributed by atoms with Gasteiger partial charge in [-0.2, -0.15) is 0 Å². The maximum atomic E-state index is 11.4. The highest BCUT2D eigenvalue weighted by molar-refractivity contribution is 5.94. The molecule has 0 spiro atoms. The molecule has 0 aliphatic carbocycles. The lowest BCUT2D eigenvalue weighted by molar-refractivity contribution is 0.0658. The first-order chi connectivity index (χ1) is 13.8. The Kier molecular flexibility index (Phi) is 6.93. The number of ketones is 1. The van der Waals surface area contributed by atoms with Crippen LogP contribution in [0.1, 0.15) is 34.0 Å². The van der Waals surface area contributed by atoms with Crippen molar-refractivity contribution in [2.75, 3.05) is 44.2 Å². The Labute approximate surface area is 173 Å². The van der Waals surface area contributed by atoms with Crippen molar-refractivity contribution in [1.82, 2.24) is 4.90 Å². The number of anilines is 1. The second kappa shape index (κ2) is 9.42. The molecular formula is C24H32N2O3. The lowest BCUT2D eigenvalue weighted by Crippen LogP contribution is -2.49. The topological polar surface area (TPSA) is 53.0 Å². The predicted octanol–water partition coefficient (Wildman–Crippen LogP) is 3.38. The molecule has 1 N–H and O–H groups in total. The molecule has 5 heteroatoms. The molecule has 1 fully saturated rings. The Hall–Kier alpha value is -2.37. The Balaban J connectivity index is 1.47. The van der Waals surface area contributed by atoms with Gasteiger partial charge in [-0.05, 0) is 68.7 Å². The summed E-state index contributed by atoms with van der Waals surface area (Å²) in [6.45, 7) is 12.3. The molecule has 1 atom stereocenters. The number of aliphatic hydroxyl groups is 1. The molecule has 29 heavy (non-hydrogen) atoms. The molecule has 1 unspecified atom stereocenters. The Morgan fingerprint density at radius 3 is 2.24 bits per heavy atom. The number of aliphatic hydroxyl groups excluding tert-OH is 1. The van der Waals surface area contributed by atoms with Gasteiger partial charge in [0, 0.05) is 44.0 Å². The van der Waals surface area contributed by atoms with Crippen molar-refractivity contribution in [3.63, 3.8) is 0 Å². The highest BCUT2D eigenvalue weighted by Crippen LogP contribution is 2.26. The standard InChI is InChI=1S/C24H32N2O3/c1-17-5-6-18(2)24(19(17)3)29-16-23(28)15-25-11-13-26(14-12-25)22-9-7-21(8-10-22)20(4)27/h5-10,23,28H,11-16H2,1-4H3. The molecule has 1 saturated heterocycles. The van der Waals surface area contributed by atoms with Crippen LogP contribution in [0.4, 0.5) is 5.69 Å². The molecular weight excluding hydrogens is 364 g/mol. The molecule has 0 aromatic heterocycles. The summed E-state index contributed by atoms with van der Waals surface area (Å²) in [6, 6.07) is 12.0. The highest BCUT2D eigenvalue weighted by atomic mass is 16.5. The van der Waals surface area contributed by atoms with E-state index in [1.54, 1.807) is 6.92 Å². The average molecular weight is 397 g/mol. The zero-order valence-electron chi connectivity index (χ0n) is 17.9. The van der Waals surface area contributed by atoms with E-state index in [1.807, 2.05) is 31.2 Å². The largest absolute Gasteiger partial charge is 0.490 e. The smallest absolute Gasteiger partial charge is 0.159 e. The summed E-state index contributed by atoms with van der Waals surface area (Å²) in [5, 5.41) is 10.5. The molecule has 0 saturated carbocycles. The van der Waals surface area contributed by atoms with E-state index in [4.69, 9.17) is 4.74 Å². The van der Waals surface area contributed by atoms with Crippen molar-refractivity contribution in [3.8, 4) is 5.75 Å². The number of carbonyl (C=O) groups excluding carboxylic acids is 1. The quantitative estimate of drug-likeness (QED) is 0.727. The van der Waals surface area contributed by atoms with Crippen LogP contribution in [0.2, 0.25) is 0 Å². The van der Waals surface area contributed by atoms with Crippen molar-refractivity contribution >= 4 is 11.5 Å². The van der Waals surface area contributed by atoms with E-state index < -0.39 is 6.10 Å². The van der Waals surface area contributed by atoms with E-state index in [9.17, 15) is 9.90 Å². The Bertz CT molecular complexity index is 840. The third-order valence-electron chi connectivity index (χ3n) is 5.77. The van der Waals surface area contributed by atoms with Gasteiger partial charge in [-0.3, -0.25) is 9.69 Å². The van der Waals surface area contributed by atoms with Gasteiger partial charge in [0.2, 0.25) is 0 Å². The van der Waals surface area contributed by atoms with E-state index in [0.29, 0.717) is 13.2 Å². The second-order valence-electron chi connectivity index (χ2n) is 8.01. The van der Waals surface area contributed by atoms with Crippen molar-refractivity contribution in [3.05, 3.63) is 58.7 Å². The summed E-state index contributed by atoms with van der Waals surface area (Å²) in [5.74, 6) is 0.983. The van der Waals surface area contributed by atoms with E-state index in [0.717, 1.165) is 54.3 Å². The monoisotopic (exact) mass is 396 g/mol. The van der Waals surface area contributed by atoms with Gasteiger partial charge in [0.15, 0.2) is 5.78 Å². The van der Waals surface area contributed by atoms with Crippen LogP contribution in [0.15, 0.2) is 36.4 Å². The molecule has 1 aliphatic rings. The van der Waals surface area contributed by atoms with Crippen molar-refractivity contribution < 1.29 is 14.6 Å². The number of piperazine rings is 1. The first kappa shape index (κ1) is 21.3. The number of nitrogens with zero attached hydrogens (tertiary/aromatic N) is 2. The lowest BCUT2D eigenvalue weighted by atomic mass is 10.1. The van der Waals surface area contributed by atoms with Crippen LogP contribution in [-0.2, 0) is 0 Å². The fourth-order valence-electron chi connectivity index (χ4n) is 3.77. The minimum Gasteiger partial charge on any atom is -0.490 e. The fraction of sp³-hybridized carbons (Fsp3) is 0.458. The molecule has 3 rings (SSSR count). The number of ether oxygens (including phenoxy) is 1. The van der Waals surface area contributed by atoms with Crippen LogP contribution in [0, 0.1) is 20.8 Å². The van der Waals surface area contributed by atoms with Gasteiger partial charge in [-0.1, -0.05) is 12.1 Å². The maximum Gasteiger partial charge on any atom is 0.159 e. The molecule has 156 valence electrons. The van der Waals surface area contributed by atoms with E-state index in [-0.39, 0.29) is 5.78 Å². The summed E-state index contributed by atoms with van der Waals surface area (Å²) in [5.41, 5.74) is 5.33. The van der Waals surface area contributed by atoms with Crippen LogP contribution in [-0.4, -0.2) is 61.2 Å². The van der Waals surface area contributed by atoms with Crippen molar-refractivity contribution in [2.24, 2.45) is 0 Å². The van der Waals surface area contributed by atoms with Crippen LogP contribution in [0.3, 0.4) is 0 Å². The zero-order chi connectivity index (χ0) is 21.0. The summed E-state index contributed by atoms with van der Waals surface area (Å²) in [6.07, 6.45) is -0.518. The first-order valence-electron chi connectivity index (χ1n) is 10.3. The number of hydrogen-bond donors (Lipinski definition) is 1. The normalized spacial score (nSPS) is 16.0. The van der Waals surface area contributed by atoms with E-state index in [1.165, 1.54) is 5.56 Å². The fourth-order valence-corrected chi connectivity index (χ4v) is 3.77. The van der Waals surface area contributed by atoms with Gasteiger partial charge in [0.05, 0.1) is 0 Å². The number of benzene rings is 2. The summed E-state index contributed by atoms with van der Waals surface area (Å²) in [7, 11) is 0. The minimum absolute atomic E-state index is 0.0913. The molecule has 2 aromatic carbocycles. The number of aryl methyl sites for hydroxylation is 2. The van der Waals surface area contributed by atoms with Gasteiger partial charge < -0.3 is 14.7 Å². The minimum atomic E-state index is -0.518. The van der Waals surface area contributed by atoms with Gasteiger partial charge in [-0.15, -0.1) is 0 Å². The molecule has 1 heterocycles. The molecule has 0 radical (unpaired) electrons. The molecule has 0 bridgehead atoms. The number of rotatable bonds is 7. The number of β-amino-alcohol motifs (C(OH)–C–C–N with tert-alkyl or cyclic N) is 1. The van der Waals surface area contributed by atoms with Crippen LogP contribution in [0.25, 0.3) is 0 Å². The SMILES string of the molecule is CC(=O)c1ccc(N2CCN(CC(O)COc3c(C)ccc(C)c3C)CC2)cc1. The van der Waals surface area contributed by atoms with Crippen LogP contribution in [0.5, 0.6) is 5.75 Å². The molecule has 2 aromatic rings. The van der Waals surface area contributed by atoms with Gasteiger partial charge in [0.25, 0.3) is 0 Å². The summed E-state index contributed by atoms with van der Waals surface area (Å²) < 4.78 is 5.96. The number of Topliss-reactive ketones (excluding diaryl/α,β-unsaturated/α-hetero) is 1. The summed E-state index contributed by atoms with van der Waals surface area (Å²) >= 11 is 0. The van der Waals surface area contributed by atoms with Crippen LogP contribution < -0.4 is 9.64 Å². The van der Waals surface area contributed by atoms with Crippen molar-refractivity contribution in [2.45, 2.75) is 33.8 Å². The molecule has 5 nitrogen and oxygen atoms in total. The van der Waals surface area contributed by atoms with Gasteiger partial charge in [-0.25, -0.2) is 0 Å². The predicted molar refractivity (Wildman–Crippen MR) is 117 cm³/mol. The third-order valence-corrected chi connectivity index (χ3v) is 5.77. The summed E-state index contributed by atoms with van der Waals surface area (Å²) in [4.78, 5) is 16.0. The number of hydrogen-bond acceptors (Lipinski definition) is 5. The molecule has 0 amide bonds. The van der Waals surface area contributed by atoms with Crippen molar-refractivity contribution in [1.29, 1.82) is 0 Å². The average Bonchev–Trinajstić information content (AvgIpc) is 2.71. The van der Waals surface area contributed by atoms with Gasteiger partial charge >= 0.3 is 0 Å². The zero-order valence-corrected chi connectivity index (χ0v) is 17.9. The highest BCUT2D eigenvalue weighted by Gasteiger charge is 2.20. The Morgan fingerprint density at radius 2 is 1.62 bits per heavy atom. The lowest BCUT2D eigenvalue weighted by Gasteiger charge is -2.37. The van der Waals surface area contributed by atoms with E-state index in [2.05, 4.69) is 35.8 Å². The van der Waals surface area contributed by atoms with Crippen LogP contribution >= 0.6 is 0 Å². The third kappa shape index (κ3) is 5.37. The number of carbonyl (C=O) groups is 1. The molecule has 1 aliphatic heterocycles. The van der Waals surface area contributed by atoms with E-state index >= 15 is 0 Å². The van der Waals surface area contributed by atoms with Gasteiger partial charge in [0.1, 0.15) is 18.5 Å².